The average Bonchev–Trinajstić information content (AvgIpc) is 1.88. The second kappa shape index (κ2) is 4.90. The fraction of sp³-hybridized carbons (Fsp3) is 0.500. The second-order valence-electron chi connectivity index (χ2n) is 1.76. The predicted octanol–water partition coefficient (Wildman–Crippen LogP) is 1.64. The molecule has 0 heterocycles. The molecule has 0 radical (unpaired) electrons. The van der Waals surface area contributed by atoms with Gasteiger partial charge in [0.1, 0.15) is 6.33 Å². The molecule has 0 aromatic heterocycles. The lowest BCUT2D eigenvalue weighted by molar-refractivity contribution is -0.120. The summed E-state index contributed by atoms with van der Waals surface area (Å²) in [6, 6.07) is 0. The Bertz CT molecular complexity index is 145. The van der Waals surface area contributed by atoms with Gasteiger partial charge in [-0.25, -0.2) is 4.39 Å². The van der Waals surface area contributed by atoms with Gasteiger partial charge in [0, 0.05) is 6.42 Å². The van der Waals surface area contributed by atoms with Gasteiger partial charge in [-0.15, -0.1) is 0 Å². The van der Waals surface area contributed by atoms with Gasteiger partial charge >= 0.3 is 0 Å². The Morgan fingerprint density at radius 2 is 2.30 bits per heavy atom. The molecule has 0 saturated carbocycles. The summed E-state index contributed by atoms with van der Waals surface area (Å²) in [6.45, 7) is 1.77. The third-order valence-electron chi connectivity index (χ3n) is 0.832. The predicted molar refractivity (Wildman–Crippen MR) is 33.3 cm³/mol. The highest BCUT2D eigenvalue weighted by molar-refractivity contribution is 5.77. The van der Waals surface area contributed by atoms with Crippen LogP contribution in [0, 0.1) is 0 Å². The van der Waals surface area contributed by atoms with Crippen molar-refractivity contribution in [3.8, 4) is 0 Å². The Kier molecular flexibility index (Phi) is 4.45. The molecule has 0 aliphatic carbocycles. The van der Waals surface area contributed by atoms with E-state index >= 15 is 0 Å². The monoisotopic (exact) mass is 149 g/mol. The smallest absolute Gasteiger partial charge is 0.226 e. The van der Waals surface area contributed by atoms with E-state index in [0.717, 1.165) is 0 Å². The lowest BCUT2D eigenvalue weighted by atomic mass is 10.3. The molecule has 58 valence electrons. The number of hydrogen-bond acceptors (Lipinski definition) is 1. The molecule has 0 atom stereocenters. The van der Waals surface area contributed by atoms with Gasteiger partial charge < -0.3 is 5.32 Å². The molecule has 10 heavy (non-hydrogen) atoms. The molecule has 0 saturated heterocycles. The molecule has 2 nitrogen and oxygen atoms in total. The minimum atomic E-state index is -1.24. The van der Waals surface area contributed by atoms with Crippen molar-refractivity contribution in [1.82, 2.24) is 5.32 Å². The number of halogens is 2. The highest BCUT2D eigenvalue weighted by atomic mass is 19.2. The lowest BCUT2D eigenvalue weighted by Gasteiger charge is -1.97. The van der Waals surface area contributed by atoms with Gasteiger partial charge in [0.2, 0.25) is 11.9 Å². The van der Waals surface area contributed by atoms with Crippen LogP contribution < -0.4 is 5.32 Å². The average molecular weight is 149 g/mol. The van der Waals surface area contributed by atoms with Crippen molar-refractivity contribution in [2.75, 3.05) is 0 Å². The number of carbonyl (C=O) groups excluding carboxylic acids is 1. The van der Waals surface area contributed by atoms with Crippen molar-refractivity contribution in [2.24, 2.45) is 0 Å². The number of amides is 1. The van der Waals surface area contributed by atoms with Crippen LogP contribution in [0.1, 0.15) is 19.8 Å². The van der Waals surface area contributed by atoms with E-state index in [1.807, 2.05) is 0 Å². The Hall–Kier alpha value is -0.930. The van der Waals surface area contributed by atoms with Gasteiger partial charge in [0.25, 0.3) is 0 Å². The number of carbonyl (C=O) groups is 1. The summed E-state index contributed by atoms with van der Waals surface area (Å²) in [5, 5.41) is 1.71. The van der Waals surface area contributed by atoms with E-state index in [4.69, 9.17) is 0 Å². The summed E-state index contributed by atoms with van der Waals surface area (Å²) in [5.41, 5.74) is 0. The molecule has 0 aliphatic rings. The normalized spacial score (nSPS) is 11.3. The highest BCUT2D eigenvalue weighted by Crippen LogP contribution is 1.93. The first kappa shape index (κ1) is 9.07. The van der Waals surface area contributed by atoms with Crippen molar-refractivity contribution < 1.29 is 13.6 Å². The standard InChI is InChI=1S/C6H9F2NO/c1-2-3-6(10)9-5(8)4-7/h4H,2-3H2,1H3,(H,9,10)/b5-4+. The molecule has 1 N–H and O–H groups in total. The second-order valence-corrected chi connectivity index (χ2v) is 1.76. The maximum absolute atomic E-state index is 11.9. The first-order valence-corrected chi connectivity index (χ1v) is 2.96. The SMILES string of the molecule is CCCC(=O)N/C(F)=C/F. The van der Waals surface area contributed by atoms with E-state index in [2.05, 4.69) is 0 Å². The van der Waals surface area contributed by atoms with E-state index in [1.54, 1.807) is 12.2 Å². The third-order valence-corrected chi connectivity index (χ3v) is 0.832. The fourth-order valence-electron chi connectivity index (χ4n) is 0.450. The Morgan fingerprint density at radius 1 is 1.70 bits per heavy atom. The van der Waals surface area contributed by atoms with Crippen LogP contribution in [0.4, 0.5) is 8.78 Å². The fourth-order valence-corrected chi connectivity index (χ4v) is 0.450. The van der Waals surface area contributed by atoms with Gasteiger partial charge in [-0.1, -0.05) is 6.92 Å². The van der Waals surface area contributed by atoms with Crippen LogP contribution in [-0.2, 0) is 4.79 Å². The van der Waals surface area contributed by atoms with E-state index in [1.165, 1.54) is 0 Å². The van der Waals surface area contributed by atoms with Crippen molar-refractivity contribution in [1.29, 1.82) is 0 Å². The molecular weight excluding hydrogens is 140 g/mol. The molecule has 0 bridgehead atoms. The molecule has 4 heteroatoms. The number of hydrogen-bond donors (Lipinski definition) is 1. The van der Waals surface area contributed by atoms with Gasteiger partial charge in [-0.3, -0.25) is 4.79 Å². The summed E-state index contributed by atoms with van der Waals surface area (Å²) >= 11 is 0. The Balaban J connectivity index is 3.58. The van der Waals surface area contributed by atoms with Crippen molar-refractivity contribution >= 4 is 5.91 Å². The summed E-state index contributed by atoms with van der Waals surface area (Å²) in [5.74, 6) is -1.74. The summed E-state index contributed by atoms with van der Waals surface area (Å²) in [7, 11) is 0. The zero-order valence-corrected chi connectivity index (χ0v) is 5.66. The molecule has 0 aromatic carbocycles. The highest BCUT2D eigenvalue weighted by Gasteiger charge is 2.00. The van der Waals surface area contributed by atoms with Crippen molar-refractivity contribution in [2.45, 2.75) is 19.8 Å². The van der Waals surface area contributed by atoms with Crippen LogP contribution in [-0.4, -0.2) is 5.91 Å². The molecule has 0 aliphatic heterocycles. The third kappa shape index (κ3) is 4.00. The molecule has 1 amide bonds. The lowest BCUT2D eigenvalue weighted by Crippen LogP contribution is -2.19. The minimum Gasteiger partial charge on any atom is -0.300 e. The maximum Gasteiger partial charge on any atom is 0.226 e. The summed E-state index contributed by atoms with van der Waals surface area (Å²) in [6.07, 6.45) is 0.542. The minimum absolute atomic E-state index is 0.210. The Labute approximate surface area is 57.9 Å². The van der Waals surface area contributed by atoms with E-state index < -0.39 is 11.9 Å². The molecule has 0 aromatic rings. The van der Waals surface area contributed by atoms with Gasteiger partial charge in [-0.05, 0) is 6.42 Å². The molecular formula is C6H9F2NO. The summed E-state index contributed by atoms with van der Waals surface area (Å²) in [4.78, 5) is 10.5. The maximum atomic E-state index is 11.9. The number of nitrogens with one attached hydrogen (secondary N) is 1. The molecule has 0 spiro atoms. The Morgan fingerprint density at radius 3 is 2.70 bits per heavy atom. The molecule has 0 fully saturated rings. The van der Waals surface area contributed by atoms with E-state index in [9.17, 15) is 13.6 Å². The van der Waals surface area contributed by atoms with Crippen molar-refractivity contribution in [3.05, 3.63) is 12.3 Å². The zero-order valence-electron chi connectivity index (χ0n) is 5.66. The first-order chi connectivity index (χ1) is 4.70. The van der Waals surface area contributed by atoms with Gasteiger partial charge in [-0.2, -0.15) is 4.39 Å². The molecule has 0 unspecified atom stereocenters. The first-order valence-electron chi connectivity index (χ1n) is 2.96. The van der Waals surface area contributed by atoms with E-state index in [-0.39, 0.29) is 12.8 Å². The van der Waals surface area contributed by atoms with Crippen LogP contribution in [0.15, 0.2) is 12.3 Å². The van der Waals surface area contributed by atoms with Crippen LogP contribution in [0.3, 0.4) is 0 Å². The topological polar surface area (TPSA) is 29.1 Å². The van der Waals surface area contributed by atoms with Crippen LogP contribution in [0.5, 0.6) is 0 Å². The van der Waals surface area contributed by atoms with Gasteiger partial charge in [0.05, 0.1) is 0 Å². The molecule has 0 rings (SSSR count). The largest absolute Gasteiger partial charge is 0.300 e. The van der Waals surface area contributed by atoms with Crippen molar-refractivity contribution in [3.63, 3.8) is 0 Å². The van der Waals surface area contributed by atoms with Crippen LogP contribution >= 0.6 is 0 Å². The van der Waals surface area contributed by atoms with Crippen LogP contribution in [0.25, 0.3) is 0 Å². The summed E-state index contributed by atoms with van der Waals surface area (Å²) < 4.78 is 23.1. The van der Waals surface area contributed by atoms with Gasteiger partial charge in [0.15, 0.2) is 0 Å². The zero-order chi connectivity index (χ0) is 7.98. The van der Waals surface area contributed by atoms with E-state index in [0.29, 0.717) is 6.42 Å². The number of rotatable bonds is 3. The quantitative estimate of drug-likeness (QED) is 0.607. The van der Waals surface area contributed by atoms with Crippen LogP contribution in [0.2, 0.25) is 0 Å².